The topological polar surface area (TPSA) is 87.5 Å². The Balaban J connectivity index is 1.48. The van der Waals surface area contributed by atoms with Gasteiger partial charge in [0.05, 0.1) is 37.5 Å². The van der Waals surface area contributed by atoms with Crippen molar-refractivity contribution in [1.82, 2.24) is 24.5 Å². The van der Waals surface area contributed by atoms with Crippen LogP contribution in [0.1, 0.15) is 64.2 Å². The predicted molar refractivity (Wildman–Crippen MR) is 186 cm³/mol. The fourth-order valence-corrected chi connectivity index (χ4v) is 9.36. The normalized spacial score (nSPS) is 17.6. The molecule has 0 saturated carbocycles. The number of thiophene rings is 1. The summed E-state index contributed by atoms with van der Waals surface area (Å²) < 4.78 is 111. The molecule has 276 valence electrons. The van der Waals surface area contributed by atoms with Gasteiger partial charge in [0, 0.05) is 35.8 Å². The van der Waals surface area contributed by atoms with Crippen molar-refractivity contribution in [2.75, 3.05) is 19.6 Å². The van der Waals surface area contributed by atoms with Crippen LogP contribution >= 0.6 is 34.5 Å². The van der Waals surface area contributed by atoms with E-state index in [2.05, 4.69) is 22.4 Å². The zero-order chi connectivity index (χ0) is 37.4. The van der Waals surface area contributed by atoms with Gasteiger partial charge in [0.1, 0.15) is 6.04 Å². The first-order valence-corrected chi connectivity index (χ1v) is 19.2. The Kier molecular flexibility index (Phi) is 11.0. The third kappa shape index (κ3) is 8.45. The van der Waals surface area contributed by atoms with Crippen LogP contribution < -0.4 is 5.43 Å². The number of sulfonamides is 1. The van der Waals surface area contributed by atoms with Crippen molar-refractivity contribution in [2.24, 2.45) is 0 Å². The quantitative estimate of drug-likeness (QED) is 0.150. The average Bonchev–Trinajstić information content (AvgIpc) is 3.83. The molecule has 1 N–H and O–H groups in total. The van der Waals surface area contributed by atoms with Gasteiger partial charge in [0.25, 0.3) is 5.91 Å². The Bertz CT molecular complexity index is 2130. The van der Waals surface area contributed by atoms with Crippen LogP contribution in [-0.2, 0) is 22.0 Å². The van der Waals surface area contributed by atoms with Gasteiger partial charge in [0.2, 0.25) is 10.0 Å². The molecule has 0 unspecified atom stereocenters. The molecule has 4 heterocycles. The Labute approximate surface area is 309 Å². The lowest BCUT2D eigenvalue weighted by atomic mass is 10.1. The molecule has 0 radical (unpaired) electrons. The van der Waals surface area contributed by atoms with Gasteiger partial charge in [-0.1, -0.05) is 41.5 Å². The summed E-state index contributed by atoms with van der Waals surface area (Å²) in [5.41, 5.74) is 2.04. The zero-order valence-electron chi connectivity index (χ0n) is 27.0. The highest BCUT2D eigenvalue weighted by Crippen LogP contribution is 2.40. The molecular formula is C34H29Cl2F6N5O3S2. The van der Waals surface area contributed by atoms with Crippen molar-refractivity contribution in [1.29, 1.82) is 0 Å². The van der Waals surface area contributed by atoms with Gasteiger partial charge in [0.15, 0.2) is 5.69 Å². The molecule has 4 aromatic rings. The highest BCUT2D eigenvalue weighted by molar-refractivity contribution is 7.88. The highest BCUT2D eigenvalue weighted by atomic mass is 35.5. The number of benzene rings is 2. The molecule has 2 fully saturated rings. The minimum atomic E-state index is -4.81. The fourth-order valence-electron chi connectivity index (χ4n) is 6.13. The number of carbonyl (C=O) groups is 1. The molecule has 0 aliphatic carbocycles. The Morgan fingerprint density at radius 2 is 1.63 bits per heavy atom. The van der Waals surface area contributed by atoms with E-state index in [9.17, 15) is 39.6 Å². The molecule has 18 heteroatoms. The number of alkyl halides is 6. The SMILES string of the molecule is O=C(NN1CCCCC1)c1nn(-c2ccc(Cl)cc2Cl)c(-c2ccc(C#Cc3ccc(C(F)(F)F)cc3)s2)c1CS(=O)(=O)N1CCC[C@H]1C(F)(F)F. The maximum Gasteiger partial charge on any atom is 0.416 e. The number of hydrazine groups is 1. The summed E-state index contributed by atoms with van der Waals surface area (Å²) in [6.45, 7) is 0.711. The smallest absolute Gasteiger partial charge is 0.283 e. The van der Waals surface area contributed by atoms with Crippen LogP contribution in [0.15, 0.2) is 54.6 Å². The molecule has 6 rings (SSSR count). The minimum Gasteiger partial charge on any atom is -0.283 e. The molecule has 1 amide bonds. The van der Waals surface area contributed by atoms with Gasteiger partial charge in [-0.3, -0.25) is 10.2 Å². The number of hydrogen-bond acceptors (Lipinski definition) is 6. The monoisotopic (exact) mass is 803 g/mol. The summed E-state index contributed by atoms with van der Waals surface area (Å²) in [6.07, 6.45) is -7.14. The fraction of sp³-hybridized carbons (Fsp3) is 0.353. The maximum atomic E-state index is 14.0. The number of aromatic nitrogens is 2. The number of nitrogens with zero attached hydrogens (tertiary/aromatic N) is 4. The lowest BCUT2D eigenvalue weighted by Crippen LogP contribution is -2.46. The molecule has 0 spiro atoms. The van der Waals surface area contributed by atoms with Crippen molar-refractivity contribution < 1.29 is 39.6 Å². The van der Waals surface area contributed by atoms with Crippen molar-refractivity contribution >= 4 is 50.5 Å². The van der Waals surface area contributed by atoms with Gasteiger partial charge in [-0.25, -0.2) is 18.1 Å². The number of nitrogens with one attached hydrogen (secondary N) is 1. The lowest BCUT2D eigenvalue weighted by molar-refractivity contribution is -0.165. The predicted octanol–water partition coefficient (Wildman–Crippen LogP) is 8.31. The number of hydrogen-bond donors (Lipinski definition) is 1. The van der Waals surface area contributed by atoms with Crippen LogP contribution in [0.4, 0.5) is 26.3 Å². The Hall–Kier alpha value is -3.59. The van der Waals surface area contributed by atoms with E-state index in [1.807, 2.05) is 0 Å². The Morgan fingerprint density at radius 3 is 2.29 bits per heavy atom. The average molecular weight is 805 g/mol. The number of carbonyl (C=O) groups excluding carboxylic acids is 1. The van der Waals surface area contributed by atoms with E-state index in [1.165, 1.54) is 35.0 Å². The first kappa shape index (κ1) is 38.1. The van der Waals surface area contributed by atoms with E-state index in [-0.39, 0.29) is 45.6 Å². The molecular weight excluding hydrogens is 775 g/mol. The van der Waals surface area contributed by atoms with Crippen LogP contribution in [0.3, 0.4) is 0 Å². The molecule has 2 aliphatic heterocycles. The van der Waals surface area contributed by atoms with Crippen molar-refractivity contribution in [3.05, 3.63) is 91.9 Å². The molecule has 0 bridgehead atoms. The largest absolute Gasteiger partial charge is 0.416 e. The van der Waals surface area contributed by atoms with Crippen LogP contribution in [0, 0.1) is 11.8 Å². The van der Waals surface area contributed by atoms with Crippen molar-refractivity contribution in [3.8, 4) is 28.1 Å². The lowest BCUT2D eigenvalue weighted by Gasteiger charge is -2.27. The highest BCUT2D eigenvalue weighted by Gasteiger charge is 2.50. The summed E-state index contributed by atoms with van der Waals surface area (Å²) in [4.78, 5) is 14.7. The second-order valence-corrected chi connectivity index (χ2v) is 16.1. The van der Waals surface area contributed by atoms with E-state index in [0.29, 0.717) is 32.7 Å². The molecule has 8 nitrogen and oxygen atoms in total. The zero-order valence-corrected chi connectivity index (χ0v) is 30.1. The van der Waals surface area contributed by atoms with Gasteiger partial charge >= 0.3 is 12.4 Å². The summed E-state index contributed by atoms with van der Waals surface area (Å²) in [7, 11) is -4.70. The summed E-state index contributed by atoms with van der Waals surface area (Å²) in [5, 5.41) is 6.59. The summed E-state index contributed by atoms with van der Waals surface area (Å²) in [6, 6.07) is 9.64. The van der Waals surface area contributed by atoms with Crippen LogP contribution in [0.25, 0.3) is 16.3 Å². The van der Waals surface area contributed by atoms with E-state index >= 15 is 0 Å². The first-order valence-electron chi connectivity index (χ1n) is 16.0. The molecule has 2 saturated heterocycles. The van der Waals surface area contributed by atoms with Crippen molar-refractivity contribution in [3.63, 3.8) is 0 Å². The van der Waals surface area contributed by atoms with Gasteiger partial charge < -0.3 is 0 Å². The number of rotatable bonds is 7. The minimum absolute atomic E-state index is 0.00407. The second kappa shape index (κ2) is 15.0. The van der Waals surface area contributed by atoms with Crippen LogP contribution in [0.5, 0.6) is 0 Å². The maximum absolute atomic E-state index is 14.0. The van der Waals surface area contributed by atoms with Gasteiger partial charge in [-0.2, -0.15) is 35.7 Å². The van der Waals surface area contributed by atoms with Crippen LogP contribution in [0.2, 0.25) is 10.0 Å². The summed E-state index contributed by atoms with van der Waals surface area (Å²) in [5.74, 6) is 3.93. The molecule has 52 heavy (non-hydrogen) atoms. The molecule has 2 aromatic carbocycles. The van der Waals surface area contributed by atoms with Crippen LogP contribution in [-0.4, -0.2) is 65.3 Å². The molecule has 2 aromatic heterocycles. The summed E-state index contributed by atoms with van der Waals surface area (Å²) >= 11 is 13.8. The third-order valence-corrected chi connectivity index (χ3v) is 11.9. The van der Waals surface area contributed by atoms with E-state index in [0.717, 1.165) is 42.7 Å². The third-order valence-electron chi connectivity index (χ3n) is 8.60. The second-order valence-electron chi connectivity index (χ2n) is 12.2. The van der Waals surface area contributed by atoms with Gasteiger partial charge in [-0.05, 0) is 80.3 Å². The number of halogens is 8. The number of amides is 1. The van der Waals surface area contributed by atoms with Crippen molar-refractivity contribution in [2.45, 2.75) is 56.3 Å². The standard InChI is InChI=1S/C34H29Cl2F6N5O3S2/c35-23-11-14-27(26(36)19-23)47-31(28-15-13-24(51-28)12-8-21-6-9-22(10-7-21)33(37,38)39)25(30(43-47)32(48)44-45-16-2-1-3-17-45)20-52(49,50)46-18-4-5-29(46)34(40,41)42/h6-7,9-11,13-15,19,29H,1-5,16-18,20H2,(H,44,48)/t29-/m0/s1. The van der Waals surface area contributed by atoms with Gasteiger partial charge in [-0.15, -0.1) is 11.3 Å². The Morgan fingerprint density at radius 1 is 0.923 bits per heavy atom. The van der Waals surface area contributed by atoms with E-state index < -0.39 is 52.1 Å². The molecule has 2 aliphatic rings. The number of piperidine rings is 1. The molecule has 1 atom stereocenters. The van der Waals surface area contributed by atoms with E-state index in [1.54, 1.807) is 17.1 Å². The first-order chi connectivity index (χ1) is 24.5. The van der Waals surface area contributed by atoms with E-state index in [4.69, 9.17) is 23.2 Å².